The topological polar surface area (TPSA) is 91.6 Å². The zero-order chi connectivity index (χ0) is 15.1. The first-order chi connectivity index (χ1) is 9.45. The Morgan fingerprint density at radius 1 is 1.45 bits per heavy atom. The first-order valence-corrected chi connectivity index (χ1v) is 7.17. The summed E-state index contributed by atoms with van der Waals surface area (Å²) in [6, 6.07) is 0.883. The number of hydrogen-bond acceptors (Lipinski definition) is 4. The molecule has 1 aromatic heterocycles. The number of aliphatic hydroxyl groups excluding tert-OH is 1. The summed E-state index contributed by atoms with van der Waals surface area (Å²) in [7, 11) is 0. The molecule has 1 heterocycles. The number of amides is 2. The molecule has 0 radical (unpaired) electrons. The Labute approximate surface area is 126 Å². The summed E-state index contributed by atoms with van der Waals surface area (Å²) in [4.78, 5) is 24.0. The van der Waals surface area contributed by atoms with Crippen molar-refractivity contribution in [1.82, 2.24) is 10.6 Å². The summed E-state index contributed by atoms with van der Waals surface area (Å²) >= 11 is 3.13. The first-order valence-electron chi connectivity index (χ1n) is 6.38. The number of aliphatic hydroxyl groups is 1. The molecule has 7 heteroatoms. The Morgan fingerprint density at radius 2 is 2.15 bits per heavy atom. The summed E-state index contributed by atoms with van der Waals surface area (Å²) in [5.41, 5.74) is 0.341. The number of furan rings is 1. The number of rotatable bonds is 7. The lowest BCUT2D eigenvalue weighted by molar-refractivity contribution is -0.123. The molecule has 1 aromatic rings. The van der Waals surface area contributed by atoms with Gasteiger partial charge in [-0.25, -0.2) is 0 Å². The van der Waals surface area contributed by atoms with Crippen molar-refractivity contribution in [1.29, 1.82) is 0 Å². The maximum Gasteiger partial charge on any atom is 0.256 e. The SMILES string of the molecule is CC(C)C[C@H](NC(=O)c1ccoc1Br)C(=O)NCCO. The van der Waals surface area contributed by atoms with E-state index in [4.69, 9.17) is 9.52 Å². The predicted octanol–water partition coefficient (Wildman–Crippen LogP) is 1.30. The maximum atomic E-state index is 12.1. The van der Waals surface area contributed by atoms with Crippen LogP contribution in [0.3, 0.4) is 0 Å². The van der Waals surface area contributed by atoms with Gasteiger partial charge in [-0.05, 0) is 34.3 Å². The maximum absolute atomic E-state index is 12.1. The van der Waals surface area contributed by atoms with Crippen molar-refractivity contribution in [3.05, 3.63) is 22.6 Å². The van der Waals surface area contributed by atoms with E-state index in [2.05, 4.69) is 26.6 Å². The minimum Gasteiger partial charge on any atom is -0.457 e. The quantitative estimate of drug-likeness (QED) is 0.693. The molecule has 1 atom stereocenters. The van der Waals surface area contributed by atoms with Gasteiger partial charge in [0.2, 0.25) is 5.91 Å². The van der Waals surface area contributed by atoms with Crippen molar-refractivity contribution >= 4 is 27.7 Å². The molecule has 0 aliphatic heterocycles. The fourth-order valence-corrected chi connectivity index (χ4v) is 2.12. The summed E-state index contributed by atoms with van der Waals surface area (Å²) in [5, 5.41) is 14.0. The van der Waals surface area contributed by atoms with Crippen molar-refractivity contribution in [2.45, 2.75) is 26.3 Å². The van der Waals surface area contributed by atoms with Crippen LogP contribution in [-0.2, 0) is 4.79 Å². The molecule has 0 fully saturated rings. The Hall–Kier alpha value is -1.34. The van der Waals surface area contributed by atoms with Crippen LogP contribution < -0.4 is 10.6 Å². The number of halogens is 1. The molecule has 0 unspecified atom stereocenters. The van der Waals surface area contributed by atoms with Gasteiger partial charge in [0.15, 0.2) is 4.67 Å². The predicted molar refractivity (Wildman–Crippen MR) is 77.2 cm³/mol. The van der Waals surface area contributed by atoms with E-state index in [1.165, 1.54) is 12.3 Å². The summed E-state index contributed by atoms with van der Waals surface area (Å²) in [6.45, 7) is 3.96. The van der Waals surface area contributed by atoms with Gasteiger partial charge in [-0.2, -0.15) is 0 Å². The Morgan fingerprint density at radius 3 is 2.65 bits per heavy atom. The second-order valence-electron chi connectivity index (χ2n) is 4.78. The third-order valence-electron chi connectivity index (χ3n) is 2.60. The Balaban J connectivity index is 2.71. The van der Waals surface area contributed by atoms with Gasteiger partial charge in [-0.1, -0.05) is 13.8 Å². The molecule has 0 bridgehead atoms. The Kier molecular flexibility index (Phi) is 6.74. The third-order valence-corrected chi connectivity index (χ3v) is 3.22. The number of carbonyl (C=O) groups excluding carboxylic acids is 2. The number of hydrogen-bond donors (Lipinski definition) is 3. The van der Waals surface area contributed by atoms with Crippen molar-refractivity contribution in [3.63, 3.8) is 0 Å². The zero-order valence-electron chi connectivity index (χ0n) is 11.5. The van der Waals surface area contributed by atoms with E-state index < -0.39 is 6.04 Å². The summed E-state index contributed by atoms with van der Waals surface area (Å²) in [6.07, 6.45) is 1.90. The van der Waals surface area contributed by atoms with Crippen molar-refractivity contribution in [3.8, 4) is 0 Å². The van der Waals surface area contributed by atoms with Gasteiger partial charge in [0.05, 0.1) is 18.4 Å². The van der Waals surface area contributed by atoms with Crippen LogP contribution in [0.25, 0.3) is 0 Å². The van der Waals surface area contributed by atoms with Crippen molar-refractivity contribution in [2.24, 2.45) is 5.92 Å². The molecule has 0 spiro atoms. The molecule has 20 heavy (non-hydrogen) atoms. The van der Waals surface area contributed by atoms with Crippen LogP contribution in [0.5, 0.6) is 0 Å². The van der Waals surface area contributed by atoms with Crippen LogP contribution in [0.2, 0.25) is 0 Å². The van der Waals surface area contributed by atoms with E-state index in [0.717, 1.165) is 0 Å². The zero-order valence-corrected chi connectivity index (χ0v) is 13.1. The van der Waals surface area contributed by atoms with Gasteiger partial charge in [0.1, 0.15) is 6.04 Å². The van der Waals surface area contributed by atoms with Crippen LogP contribution in [0.4, 0.5) is 0 Å². The highest BCUT2D eigenvalue weighted by Gasteiger charge is 2.23. The molecule has 1 rings (SSSR count). The largest absolute Gasteiger partial charge is 0.457 e. The van der Waals surface area contributed by atoms with E-state index in [-0.39, 0.29) is 30.9 Å². The van der Waals surface area contributed by atoms with Crippen LogP contribution in [0.15, 0.2) is 21.4 Å². The fraction of sp³-hybridized carbons (Fsp3) is 0.538. The third kappa shape index (κ3) is 4.97. The van der Waals surface area contributed by atoms with E-state index >= 15 is 0 Å². The van der Waals surface area contributed by atoms with Crippen molar-refractivity contribution < 1.29 is 19.1 Å². The standard InChI is InChI=1S/C13H19BrN2O4/c1-8(2)7-10(13(19)15-4-5-17)16-12(18)9-3-6-20-11(9)14/h3,6,8,10,17H,4-5,7H2,1-2H3,(H,15,19)(H,16,18)/t10-/m0/s1. The van der Waals surface area contributed by atoms with Gasteiger partial charge < -0.3 is 20.2 Å². The molecule has 0 aromatic carbocycles. The molecule has 112 valence electrons. The van der Waals surface area contributed by atoms with E-state index in [1.54, 1.807) is 0 Å². The molecule has 0 saturated carbocycles. The van der Waals surface area contributed by atoms with Crippen molar-refractivity contribution in [2.75, 3.05) is 13.2 Å². The highest BCUT2D eigenvalue weighted by Crippen LogP contribution is 2.17. The smallest absolute Gasteiger partial charge is 0.256 e. The van der Waals surface area contributed by atoms with Gasteiger partial charge in [-0.15, -0.1) is 0 Å². The molecular formula is C13H19BrN2O4. The molecule has 0 saturated heterocycles. The lowest BCUT2D eigenvalue weighted by atomic mass is 10.0. The van der Waals surface area contributed by atoms with E-state index in [0.29, 0.717) is 16.7 Å². The Bertz CT molecular complexity index is 459. The first kappa shape index (κ1) is 16.7. The highest BCUT2D eigenvalue weighted by atomic mass is 79.9. The molecular weight excluding hydrogens is 328 g/mol. The van der Waals surface area contributed by atoms with Gasteiger partial charge in [0, 0.05) is 6.54 Å². The minimum absolute atomic E-state index is 0.138. The highest BCUT2D eigenvalue weighted by molar-refractivity contribution is 9.10. The number of carbonyl (C=O) groups is 2. The van der Waals surface area contributed by atoms with Gasteiger partial charge in [0.25, 0.3) is 5.91 Å². The second kappa shape index (κ2) is 8.06. The second-order valence-corrected chi connectivity index (χ2v) is 5.50. The normalized spacial score (nSPS) is 12.2. The average Bonchev–Trinajstić information content (AvgIpc) is 2.80. The minimum atomic E-state index is -0.643. The molecule has 2 amide bonds. The van der Waals surface area contributed by atoms with E-state index in [1.807, 2.05) is 13.8 Å². The lowest BCUT2D eigenvalue weighted by Crippen LogP contribution is -2.48. The summed E-state index contributed by atoms with van der Waals surface area (Å²) < 4.78 is 5.32. The fourth-order valence-electron chi connectivity index (χ4n) is 1.70. The van der Waals surface area contributed by atoms with Crippen LogP contribution >= 0.6 is 15.9 Å². The average molecular weight is 347 g/mol. The van der Waals surface area contributed by atoms with E-state index in [9.17, 15) is 9.59 Å². The van der Waals surface area contributed by atoms with Gasteiger partial charge in [-0.3, -0.25) is 9.59 Å². The molecule has 0 aliphatic rings. The van der Waals surface area contributed by atoms with Crippen LogP contribution in [0.1, 0.15) is 30.6 Å². The van der Waals surface area contributed by atoms with Gasteiger partial charge >= 0.3 is 0 Å². The summed E-state index contributed by atoms with van der Waals surface area (Å²) in [5.74, 6) is -0.441. The van der Waals surface area contributed by atoms with Crippen LogP contribution in [0, 0.1) is 5.92 Å². The molecule has 6 nitrogen and oxygen atoms in total. The van der Waals surface area contributed by atoms with Crippen LogP contribution in [-0.4, -0.2) is 36.1 Å². The molecule has 0 aliphatic carbocycles. The monoisotopic (exact) mass is 346 g/mol. The molecule has 3 N–H and O–H groups in total. The lowest BCUT2D eigenvalue weighted by Gasteiger charge is -2.19. The number of nitrogens with one attached hydrogen (secondary N) is 2.